The van der Waals surface area contributed by atoms with Crippen LogP contribution in [0.3, 0.4) is 0 Å². The van der Waals surface area contributed by atoms with E-state index in [9.17, 15) is 0 Å². The predicted molar refractivity (Wildman–Crippen MR) is 49.7 cm³/mol. The van der Waals surface area contributed by atoms with Crippen molar-refractivity contribution in [1.82, 2.24) is 0 Å². The zero-order valence-electron chi connectivity index (χ0n) is 7.35. The monoisotopic (exact) mass is 179 g/mol. The number of para-hydroxylation sites is 1. The van der Waals surface area contributed by atoms with Crippen molar-refractivity contribution in [2.24, 2.45) is 5.73 Å². The van der Waals surface area contributed by atoms with Gasteiger partial charge in [0, 0.05) is 0 Å². The minimum Gasteiger partial charge on any atom is -0.486 e. The molecular formula is C10H13NO2. The molecule has 1 saturated heterocycles. The number of benzene rings is 1. The molecule has 3 nitrogen and oxygen atoms in total. The van der Waals surface area contributed by atoms with Crippen LogP contribution in [0, 0.1) is 0 Å². The van der Waals surface area contributed by atoms with Crippen LogP contribution in [0.25, 0.3) is 0 Å². The summed E-state index contributed by atoms with van der Waals surface area (Å²) in [4.78, 5) is 0. The van der Waals surface area contributed by atoms with Gasteiger partial charge in [0.05, 0.1) is 19.3 Å². The zero-order chi connectivity index (χ0) is 9.10. The van der Waals surface area contributed by atoms with E-state index in [0.717, 1.165) is 5.75 Å². The first kappa shape index (κ1) is 8.53. The predicted octanol–water partition coefficient (Wildman–Crippen LogP) is 0.791. The fraction of sp³-hybridized carbons (Fsp3) is 0.400. The summed E-state index contributed by atoms with van der Waals surface area (Å²) in [6, 6.07) is 9.68. The van der Waals surface area contributed by atoms with Gasteiger partial charge in [-0.05, 0) is 12.1 Å². The van der Waals surface area contributed by atoms with Crippen LogP contribution in [0.2, 0.25) is 0 Å². The average Bonchev–Trinajstić information content (AvgIpc) is 2.54. The van der Waals surface area contributed by atoms with Crippen LogP contribution >= 0.6 is 0 Å². The third-order valence-electron chi connectivity index (χ3n) is 2.10. The summed E-state index contributed by atoms with van der Waals surface area (Å²) in [7, 11) is 0. The van der Waals surface area contributed by atoms with E-state index < -0.39 is 0 Å². The third kappa shape index (κ3) is 1.99. The molecule has 0 spiro atoms. The van der Waals surface area contributed by atoms with E-state index in [2.05, 4.69) is 0 Å². The van der Waals surface area contributed by atoms with Crippen molar-refractivity contribution < 1.29 is 9.47 Å². The number of nitrogens with two attached hydrogens (primary N) is 1. The van der Waals surface area contributed by atoms with Crippen LogP contribution in [-0.4, -0.2) is 25.4 Å². The Morgan fingerprint density at radius 2 is 2.00 bits per heavy atom. The minimum atomic E-state index is 0.000191. The highest BCUT2D eigenvalue weighted by molar-refractivity contribution is 5.21. The van der Waals surface area contributed by atoms with Gasteiger partial charge in [0.2, 0.25) is 0 Å². The second kappa shape index (κ2) is 3.77. The van der Waals surface area contributed by atoms with Gasteiger partial charge < -0.3 is 15.2 Å². The summed E-state index contributed by atoms with van der Waals surface area (Å²) < 4.78 is 10.8. The van der Waals surface area contributed by atoms with Gasteiger partial charge >= 0.3 is 0 Å². The van der Waals surface area contributed by atoms with Crippen molar-refractivity contribution in [2.75, 3.05) is 13.2 Å². The summed E-state index contributed by atoms with van der Waals surface area (Å²) in [5.41, 5.74) is 5.78. The lowest BCUT2D eigenvalue weighted by atomic mass is 10.2. The maximum absolute atomic E-state index is 5.78. The molecule has 1 aliphatic rings. The lowest BCUT2D eigenvalue weighted by molar-refractivity contribution is 0.140. The molecule has 70 valence electrons. The SMILES string of the molecule is N[C@@H]1COC[C@@H]1Oc1ccccc1. The van der Waals surface area contributed by atoms with Crippen molar-refractivity contribution in [3.8, 4) is 5.75 Å². The van der Waals surface area contributed by atoms with Crippen molar-refractivity contribution in [2.45, 2.75) is 12.1 Å². The van der Waals surface area contributed by atoms with Crippen molar-refractivity contribution >= 4 is 0 Å². The number of ether oxygens (including phenoxy) is 2. The Balaban J connectivity index is 1.98. The molecule has 0 bridgehead atoms. The second-order valence-corrected chi connectivity index (χ2v) is 3.17. The van der Waals surface area contributed by atoms with Gasteiger partial charge in [0.1, 0.15) is 11.9 Å². The standard InChI is InChI=1S/C10H13NO2/c11-9-6-12-7-10(9)13-8-4-2-1-3-5-8/h1-5,9-10H,6-7,11H2/t9-,10+/m1/s1. The Kier molecular flexibility index (Phi) is 2.47. The average molecular weight is 179 g/mol. The van der Waals surface area contributed by atoms with E-state index in [1.807, 2.05) is 30.3 Å². The maximum Gasteiger partial charge on any atom is 0.139 e. The molecule has 1 heterocycles. The molecule has 3 heteroatoms. The van der Waals surface area contributed by atoms with E-state index in [0.29, 0.717) is 13.2 Å². The Morgan fingerprint density at radius 1 is 1.23 bits per heavy atom. The fourth-order valence-corrected chi connectivity index (χ4v) is 1.35. The first-order valence-corrected chi connectivity index (χ1v) is 4.41. The third-order valence-corrected chi connectivity index (χ3v) is 2.10. The molecular weight excluding hydrogens is 166 g/mol. The van der Waals surface area contributed by atoms with Crippen LogP contribution in [-0.2, 0) is 4.74 Å². The van der Waals surface area contributed by atoms with Gasteiger partial charge in [-0.3, -0.25) is 0 Å². The van der Waals surface area contributed by atoms with Gasteiger partial charge in [-0.2, -0.15) is 0 Å². The molecule has 2 N–H and O–H groups in total. The summed E-state index contributed by atoms with van der Waals surface area (Å²) in [6.45, 7) is 1.19. The highest BCUT2D eigenvalue weighted by Crippen LogP contribution is 2.15. The number of rotatable bonds is 2. The second-order valence-electron chi connectivity index (χ2n) is 3.17. The molecule has 1 aliphatic heterocycles. The van der Waals surface area contributed by atoms with Crippen molar-refractivity contribution in [3.63, 3.8) is 0 Å². The zero-order valence-corrected chi connectivity index (χ0v) is 7.35. The lowest BCUT2D eigenvalue weighted by Gasteiger charge is -2.15. The highest BCUT2D eigenvalue weighted by atomic mass is 16.5. The lowest BCUT2D eigenvalue weighted by Crippen LogP contribution is -2.37. The van der Waals surface area contributed by atoms with Gasteiger partial charge in [-0.15, -0.1) is 0 Å². The molecule has 1 aromatic carbocycles. The molecule has 0 unspecified atom stereocenters. The summed E-state index contributed by atoms with van der Waals surface area (Å²) in [6.07, 6.45) is 0.00222. The topological polar surface area (TPSA) is 44.5 Å². The smallest absolute Gasteiger partial charge is 0.139 e. The van der Waals surface area contributed by atoms with Gasteiger partial charge in [-0.1, -0.05) is 18.2 Å². The minimum absolute atomic E-state index is 0.000191. The molecule has 2 rings (SSSR count). The first-order chi connectivity index (χ1) is 6.36. The van der Waals surface area contributed by atoms with Gasteiger partial charge in [0.15, 0.2) is 0 Å². The van der Waals surface area contributed by atoms with E-state index >= 15 is 0 Å². The number of hydrogen-bond donors (Lipinski definition) is 1. The Morgan fingerprint density at radius 3 is 2.62 bits per heavy atom. The molecule has 1 aromatic rings. The molecule has 0 aliphatic carbocycles. The van der Waals surface area contributed by atoms with E-state index in [-0.39, 0.29) is 12.1 Å². The van der Waals surface area contributed by atoms with Crippen LogP contribution < -0.4 is 10.5 Å². The van der Waals surface area contributed by atoms with Crippen LogP contribution in [0.15, 0.2) is 30.3 Å². The molecule has 0 aromatic heterocycles. The fourth-order valence-electron chi connectivity index (χ4n) is 1.35. The summed E-state index contributed by atoms with van der Waals surface area (Å²) >= 11 is 0. The molecule has 0 amide bonds. The van der Waals surface area contributed by atoms with E-state index in [1.165, 1.54) is 0 Å². The van der Waals surface area contributed by atoms with Crippen molar-refractivity contribution in [1.29, 1.82) is 0 Å². The summed E-state index contributed by atoms with van der Waals surface area (Å²) in [5.74, 6) is 0.855. The molecule has 2 atom stereocenters. The first-order valence-electron chi connectivity index (χ1n) is 4.41. The van der Waals surface area contributed by atoms with E-state index in [1.54, 1.807) is 0 Å². The van der Waals surface area contributed by atoms with Crippen LogP contribution in [0.1, 0.15) is 0 Å². The molecule has 0 radical (unpaired) electrons. The van der Waals surface area contributed by atoms with Crippen LogP contribution in [0.4, 0.5) is 0 Å². The Bertz CT molecular complexity index is 263. The van der Waals surface area contributed by atoms with Crippen LogP contribution in [0.5, 0.6) is 5.75 Å². The quantitative estimate of drug-likeness (QED) is 0.730. The van der Waals surface area contributed by atoms with Crippen molar-refractivity contribution in [3.05, 3.63) is 30.3 Å². The molecule has 1 fully saturated rings. The normalized spacial score (nSPS) is 27.5. The maximum atomic E-state index is 5.78. The largest absolute Gasteiger partial charge is 0.486 e. The highest BCUT2D eigenvalue weighted by Gasteiger charge is 2.26. The van der Waals surface area contributed by atoms with Gasteiger partial charge in [0.25, 0.3) is 0 Å². The molecule has 13 heavy (non-hydrogen) atoms. The molecule has 0 saturated carbocycles. The number of hydrogen-bond acceptors (Lipinski definition) is 3. The summed E-state index contributed by atoms with van der Waals surface area (Å²) in [5, 5.41) is 0. The van der Waals surface area contributed by atoms with E-state index in [4.69, 9.17) is 15.2 Å². The Hall–Kier alpha value is -1.06. The van der Waals surface area contributed by atoms with Gasteiger partial charge in [-0.25, -0.2) is 0 Å². The Labute approximate surface area is 77.5 Å².